The Hall–Kier alpha value is -1.93. The minimum Gasteiger partial charge on any atom is -0.480 e. The molecule has 1 aromatic rings. The van der Waals surface area contributed by atoms with Crippen LogP contribution in [0.1, 0.15) is 19.8 Å². The molecule has 0 radical (unpaired) electrons. The Balaban J connectivity index is 2.46. The van der Waals surface area contributed by atoms with Gasteiger partial charge in [-0.3, -0.25) is 4.79 Å². The van der Waals surface area contributed by atoms with E-state index in [-0.39, 0.29) is 24.3 Å². The van der Waals surface area contributed by atoms with Crippen LogP contribution in [0.25, 0.3) is 0 Å². The average Bonchev–Trinajstić information content (AvgIpc) is 2.45. The highest BCUT2D eigenvalue weighted by molar-refractivity contribution is 7.89. The number of carbonyl (C=O) groups is 2. The Labute approximate surface area is 123 Å². The quantitative estimate of drug-likeness (QED) is 0.640. The first-order chi connectivity index (χ1) is 9.86. The van der Waals surface area contributed by atoms with Crippen molar-refractivity contribution in [1.82, 2.24) is 10.0 Å². The highest BCUT2D eigenvalue weighted by Gasteiger charge is 2.18. The summed E-state index contributed by atoms with van der Waals surface area (Å²) in [7, 11) is -3.65. The Morgan fingerprint density at radius 2 is 1.86 bits per heavy atom. The van der Waals surface area contributed by atoms with Crippen molar-refractivity contribution in [3.63, 3.8) is 0 Å². The van der Waals surface area contributed by atoms with Crippen LogP contribution in [0.2, 0.25) is 0 Å². The topological polar surface area (TPSA) is 113 Å². The van der Waals surface area contributed by atoms with Crippen molar-refractivity contribution in [3.8, 4) is 0 Å². The molecule has 0 aliphatic rings. The molecule has 1 amide bonds. The third-order valence-corrected chi connectivity index (χ3v) is 4.22. The van der Waals surface area contributed by atoms with E-state index in [1.807, 2.05) is 0 Å². The summed E-state index contributed by atoms with van der Waals surface area (Å²) in [6, 6.07) is 6.83. The monoisotopic (exact) mass is 314 g/mol. The van der Waals surface area contributed by atoms with E-state index in [4.69, 9.17) is 5.11 Å². The highest BCUT2D eigenvalue weighted by atomic mass is 32.2. The molecular formula is C13H18N2O5S. The highest BCUT2D eigenvalue weighted by Crippen LogP contribution is 2.06. The molecule has 1 rings (SSSR count). The van der Waals surface area contributed by atoms with Crippen LogP contribution >= 0.6 is 0 Å². The van der Waals surface area contributed by atoms with Crippen molar-refractivity contribution in [2.75, 3.05) is 6.54 Å². The van der Waals surface area contributed by atoms with Gasteiger partial charge in [0.05, 0.1) is 4.90 Å². The van der Waals surface area contributed by atoms with Gasteiger partial charge in [0, 0.05) is 13.0 Å². The number of carboxylic acid groups (broad SMARTS) is 1. The van der Waals surface area contributed by atoms with Crippen LogP contribution < -0.4 is 10.0 Å². The van der Waals surface area contributed by atoms with Crippen LogP contribution in [0.4, 0.5) is 0 Å². The molecule has 0 aromatic heterocycles. The number of aliphatic carboxylic acids is 1. The molecule has 0 spiro atoms. The van der Waals surface area contributed by atoms with Gasteiger partial charge in [-0.15, -0.1) is 0 Å². The van der Waals surface area contributed by atoms with Crippen LogP contribution in [0.5, 0.6) is 0 Å². The van der Waals surface area contributed by atoms with Gasteiger partial charge in [0.25, 0.3) is 0 Å². The molecule has 1 aromatic carbocycles. The molecule has 0 bridgehead atoms. The maximum absolute atomic E-state index is 11.9. The molecule has 0 heterocycles. The van der Waals surface area contributed by atoms with Crippen molar-refractivity contribution in [2.24, 2.45) is 0 Å². The van der Waals surface area contributed by atoms with Crippen molar-refractivity contribution in [3.05, 3.63) is 30.3 Å². The fourth-order valence-corrected chi connectivity index (χ4v) is 2.64. The Morgan fingerprint density at radius 3 is 2.38 bits per heavy atom. The summed E-state index contributed by atoms with van der Waals surface area (Å²) in [4.78, 5) is 22.4. The molecule has 0 aliphatic carbocycles. The van der Waals surface area contributed by atoms with Gasteiger partial charge < -0.3 is 10.4 Å². The number of nitrogens with one attached hydrogen (secondary N) is 2. The number of benzene rings is 1. The van der Waals surface area contributed by atoms with Gasteiger partial charge in [0.1, 0.15) is 6.04 Å². The van der Waals surface area contributed by atoms with Crippen LogP contribution in [-0.4, -0.2) is 38.0 Å². The van der Waals surface area contributed by atoms with E-state index in [9.17, 15) is 18.0 Å². The van der Waals surface area contributed by atoms with Crippen molar-refractivity contribution >= 4 is 21.9 Å². The van der Waals surface area contributed by atoms with Crippen LogP contribution in [0.3, 0.4) is 0 Å². The fourth-order valence-electron chi connectivity index (χ4n) is 1.59. The van der Waals surface area contributed by atoms with Crippen molar-refractivity contribution < 1.29 is 23.1 Å². The lowest BCUT2D eigenvalue weighted by atomic mass is 10.2. The second-order valence-corrected chi connectivity index (χ2v) is 6.09. The first kappa shape index (κ1) is 17.1. The zero-order chi connectivity index (χ0) is 15.9. The first-order valence-corrected chi connectivity index (χ1v) is 7.92. The number of sulfonamides is 1. The predicted octanol–water partition coefficient (Wildman–Crippen LogP) is 0.334. The minimum atomic E-state index is -3.65. The molecule has 1 unspecified atom stereocenters. The van der Waals surface area contributed by atoms with E-state index in [0.717, 1.165) is 0 Å². The molecule has 0 aliphatic heterocycles. The van der Waals surface area contributed by atoms with Gasteiger partial charge in [-0.2, -0.15) is 0 Å². The molecule has 7 nitrogen and oxygen atoms in total. The summed E-state index contributed by atoms with van der Waals surface area (Å²) in [5.41, 5.74) is 0. The number of carboxylic acids is 1. The molecule has 3 N–H and O–H groups in total. The third kappa shape index (κ3) is 5.52. The normalized spacial score (nSPS) is 12.6. The minimum absolute atomic E-state index is 0.0981. The lowest BCUT2D eigenvalue weighted by Crippen LogP contribution is -2.41. The summed E-state index contributed by atoms with van der Waals surface area (Å²) in [6.45, 7) is 1.54. The Morgan fingerprint density at radius 1 is 1.24 bits per heavy atom. The predicted molar refractivity (Wildman–Crippen MR) is 76.1 cm³/mol. The number of carbonyl (C=O) groups excluding carboxylic acids is 1. The molecule has 8 heteroatoms. The van der Waals surface area contributed by atoms with Gasteiger partial charge in [0.2, 0.25) is 15.9 Å². The molecular weight excluding hydrogens is 296 g/mol. The molecule has 21 heavy (non-hydrogen) atoms. The number of hydrogen-bond donors (Lipinski definition) is 3. The zero-order valence-corrected chi connectivity index (χ0v) is 12.4. The maximum atomic E-state index is 11.9. The standard InChI is InChI=1S/C13H18N2O5S/c1-2-11(13(17)18)15-12(16)8-9-14-21(19,20)10-6-4-3-5-7-10/h3-7,11,14H,2,8-9H2,1H3,(H,15,16)(H,17,18). The van der Waals surface area contributed by atoms with Crippen LogP contribution in [-0.2, 0) is 19.6 Å². The molecule has 0 saturated heterocycles. The van der Waals surface area contributed by atoms with Crippen LogP contribution in [0.15, 0.2) is 35.2 Å². The van der Waals surface area contributed by atoms with Gasteiger partial charge in [0.15, 0.2) is 0 Å². The van der Waals surface area contributed by atoms with Gasteiger partial charge in [-0.05, 0) is 18.6 Å². The van der Waals surface area contributed by atoms with E-state index in [1.54, 1.807) is 25.1 Å². The Bertz CT molecular complexity index is 586. The van der Waals surface area contributed by atoms with Crippen molar-refractivity contribution in [2.45, 2.75) is 30.7 Å². The molecule has 116 valence electrons. The van der Waals surface area contributed by atoms with Crippen LogP contribution in [0, 0.1) is 0 Å². The van der Waals surface area contributed by atoms with E-state index in [1.165, 1.54) is 12.1 Å². The van der Waals surface area contributed by atoms with E-state index < -0.39 is 27.9 Å². The Kier molecular flexibility index (Phi) is 6.32. The second kappa shape index (κ2) is 7.75. The summed E-state index contributed by atoms with van der Waals surface area (Å²) < 4.78 is 26.0. The lowest BCUT2D eigenvalue weighted by Gasteiger charge is -2.12. The number of hydrogen-bond acceptors (Lipinski definition) is 4. The zero-order valence-electron chi connectivity index (χ0n) is 11.6. The molecule has 0 saturated carbocycles. The largest absolute Gasteiger partial charge is 0.480 e. The summed E-state index contributed by atoms with van der Waals surface area (Å²) in [5.74, 6) is -1.63. The summed E-state index contributed by atoms with van der Waals surface area (Å²) in [5, 5.41) is 11.1. The second-order valence-electron chi connectivity index (χ2n) is 4.33. The van der Waals surface area contributed by atoms with E-state index >= 15 is 0 Å². The average molecular weight is 314 g/mol. The SMILES string of the molecule is CCC(NC(=O)CCNS(=O)(=O)c1ccccc1)C(=O)O. The molecule has 0 fully saturated rings. The fraction of sp³-hybridized carbons (Fsp3) is 0.385. The number of rotatable bonds is 8. The van der Waals surface area contributed by atoms with Gasteiger partial charge in [-0.1, -0.05) is 25.1 Å². The molecule has 1 atom stereocenters. The maximum Gasteiger partial charge on any atom is 0.326 e. The van der Waals surface area contributed by atoms with E-state index in [2.05, 4.69) is 10.0 Å². The number of amides is 1. The van der Waals surface area contributed by atoms with Crippen molar-refractivity contribution in [1.29, 1.82) is 0 Å². The summed E-state index contributed by atoms with van der Waals surface area (Å²) in [6.07, 6.45) is 0.132. The van der Waals surface area contributed by atoms with Gasteiger partial charge in [-0.25, -0.2) is 17.9 Å². The first-order valence-electron chi connectivity index (χ1n) is 6.43. The van der Waals surface area contributed by atoms with Gasteiger partial charge >= 0.3 is 5.97 Å². The smallest absolute Gasteiger partial charge is 0.326 e. The van der Waals surface area contributed by atoms with E-state index in [0.29, 0.717) is 0 Å². The third-order valence-electron chi connectivity index (χ3n) is 2.74. The lowest BCUT2D eigenvalue weighted by molar-refractivity contribution is -0.141. The summed E-state index contributed by atoms with van der Waals surface area (Å²) >= 11 is 0.